The van der Waals surface area contributed by atoms with Crippen LogP contribution in [0.2, 0.25) is 6.32 Å². The number of aryl methyl sites for hydroxylation is 1. The van der Waals surface area contributed by atoms with Crippen molar-refractivity contribution in [3.63, 3.8) is 0 Å². The highest BCUT2D eigenvalue weighted by atomic mass is 16.5. The molecule has 1 heterocycles. The first-order valence-corrected chi connectivity index (χ1v) is 9.31. The van der Waals surface area contributed by atoms with Crippen LogP contribution >= 0.6 is 0 Å². The predicted octanol–water partition coefficient (Wildman–Crippen LogP) is -0.364. The zero-order valence-corrected chi connectivity index (χ0v) is 15.6. The number of carboxylic acid groups (broad SMARTS) is 1. The van der Waals surface area contributed by atoms with Crippen LogP contribution in [0, 0.1) is 0 Å². The summed E-state index contributed by atoms with van der Waals surface area (Å²) in [4.78, 5) is 25.2. The Morgan fingerprint density at radius 2 is 2.07 bits per heavy atom. The van der Waals surface area contributed by atoms with Crippen LogP contribution in [0.15, 0.2) is 12.1 Å². The lowest BCUT2D eigenvalue weighted by Crippen LogP contribution is -2.54. The standard InChI is InChI=1S/C18H27BN2O6/c19-6-4-12-2-3-14(16(17(12)24)18(25)26)27-13-10-21(11-13)8-5-15(23)20-7-1-9-22/h2-3,13,22,24H,1,4-11,19H2,(H,20,23)(H,25,26). The van der Waals surface area contributed by atoms with Gasteiger partial charge in [0.15, 0.2) is 0 Å². The van der Waals surface area contributed by atoms with Crippen molar-refractivity contribution in [1.82, 2.24) is 10.2 Å². The fraction of sp³-hybridized carbons (Fsp3) is 0.556. The van der Waals surface area contributed by atoms with Crippen molar-refractivity contribution in [2.75, 3.05) is 32.8 Å². The lowest BCUT2D eigenvalue weighted by atomic mass is 9.95. The van der Waals surface area contributed by atoms with E-state index in [1.807, 2.05) is 12.7 Å². The van der Waals surface area contributed by atoms with Crippen molar-refractivity contribution in [3.8, 4) is 11.5 Å². The molecule has 1 aliphatic rings. The number of hydrogen-bond donors (Lipinski definition) is 4. The van der Waals surface area contributed by atoms with E-state index >= 15 is 0 Å². The number of aliphatic hydroxyl groups excluding tert-OH is 1. The second-order valence-corrected chi connectivity index (χ2v) is 6.68. The summed E-state index contributed by atoms with van der Waals surface area (Å²) in [5, 5.41) is 31.1. The molecule has 1 saturated heterocycles. The molecule has 148 valence electrons. The van der Waals surface area contributed by atoms with E-state index in [0.29, 0.717) is 51.0 Å². The maximum atomic E-state index is 11.6. The number of carbonyl (C=O) groups is 2. The smallest absolute Gasteiger partial charge is 0.343 e. The zero-order valence-electron chi connectivity index (χ0n) is 15.6. The van der Waals surface area contributed by atoms with Gasteiger partial charge in [0.05, 0.1) is 0 Å². The number of rotatable bonds is 11. The summed E-state index contributed by atoms with van der Waals surface area (Å²) >= 11 is 0. The zero-order chi connectivity index (χ0) is 19.8. The maximum absolute atomic E-state index is 11.6. The lowest BCUT2D eigenvalue weighted by molar-refractivity contribution is -0.122. The monoisotopic (exact) mass is 378 g/mol. The fourth-order valence-corrected chi connectivity index (χ4v) is 3.01. The van der Waals surface area contributed by atoms with E-state index in [2.05, 4.69) is 5.32 Å². The summed E-state index contributed by atoms with van der Waals surface area (Å²) in [7, 11) is 1.96. The van der Waals surface area contributed by atoms with Gasteiger partial charge in [0.1, 0.15) is 31.0 Å². The van der Waals surface area contributed by atoms with Gasteiger partial charge in [-0.25, -0.2) is 4.79 Å². The molecule has 2 rings (SSSR count). The number of aliphatic hydroxyl groups is 1. The Morgan fingerprint density at radius 3 is 2.70 bits per heavy atom. The quantitative estimate of drug-likeness (QED) is 0.307. The van der Waals surface area contributed by atoms with E-state index in [0.717, 1.165) is 6.32 Å². The van der Waals surface area contributed by atoms with E-state index in [-0.39, 0.29) is 35.7 Å². The molecule has 0 unspecified atom stereocenters. The van der Waals surface area contributed by atoms with Gasteiger partial charge in [0.25, 0.3) is 0 Å². The number of benzene rings is 1. The van der Waals surface area contributed by atoms with Gasteiger partial charge < -0.3 is 25.4 Å². The average molecular weight is 378 g/mol. The number of amides is 1. The molecule has 1 aliphatic heterocycles. The van der Waals surface area contributed by atoms with E-state index in [1.165, 1.54) is 0 Å². The average Bonchev–Trinajstić information content (AvgIpc) is 2.59. The largest absolute Gasteiger partial charge is 0.507 e. The Labute approximate surface area is 159 Å². The van der Waals surface area contributed by atoms with Crippen LogP contribution in [0.1, 0.15) is 28.8 Å². The topological polar surface area (TPSA) is 119 Å². The molecule has 4 N–H and O–H groups in total. The Bertz CT molecular complexity index is 663. The summed E-state index contributed by atoms with van der Waals surface area (Å²) in [5.74, 6) is -1.32. The summed E-state index contributed by atoms with van der Waals surface area (Å²) in [6, 6.07) is 3.30. The summed E-state index contributed by atoms with van der Waals surface area (Å²) < 4.78 is 5.76. The number of phenols is 1. The molecule has 0 aliphatic carbocycles. The van der Waals surface area contributed by atoms with Crippen LogP contribution in [0.4, 0.5) is 0 Å². The number of nitrogens with one attached hydrogen (secondary N) is 1. The predicted molar refractivity (Wildman–Crippen MR) is 102 cm³/mol. The van der Waals surface area contributed by atoms with Crippen LogP contribution in [0.5, 0.6) is 11.5 Å². The molecule has 0 saturated carbocycles. The molecular formula is C18H27BN2O6. The van der Waals surface area contributed by atoms with Crippen molar-refractivity contribution in [1.29, 1.82) is 0 Å². The normalized spacial score (nSPS) is 14.6. The van der Waals surface area contributed by atoms with Crippen LogP contribution in [0.25, 0.3) is 0 Å². The third-order valence-corrected chi connectivity index (χ3v) is 4.49. The lowest BCUT2D eigenvalue weighted by Gasteiger charge is -2.39. The SMILES string of the molecule is BCCc1ccc(OC2CN(CCC(=O)NCCCO)C2)c(C(=O)O)c1O. The minimum Gasteiger partial charge on any atom is -0.507 e. The van der Waals surface area contributed by atoms with Crippen molar-refractivity contribution >= 4 is 19.7 Å². The Kier molecular flexibility index (Phi) is 7.93. The van der Waals surface area contributed by atoms with Crippen LogP contribution in [-0.4, -0.2) is 78.8 Å². The van der Waals surface area contributed by atoms with Crippen molar-refractivity contribution in [2.24, 2.45) is 0 Å². The Morgan fingerprint density at radius 1 is 1.33 bits per heavy atom. The van der Waals surface area contributed by atoms with E-state index in [1.54, 1.807) is 12.1 Å². The van der Waals surface area contributed by atoms with Crippen molar-refractivity contribution in [2.45, 2.75) is 31.7 Å². The molecule has 8 nitrogen and oxygen atoms in total. The molecule has 0 aromatic heterocycles. The highest BCUT2D eigenvalue weighted by Crippen LogP contribution is 2.33. The molecule has 27 heavy (non-hydrogen) atoms. The fourth-order valence-electron chi connectivity index (χ4n) is 3.01. The number of hydrogen-bond acceptors (Lipinski definition) is 6. The molecule has 0 atom stereocenters. The molecule has 1 aromatic rings. The van der Waals surface area contributed by atoms with Crippen molar-refractivity contribution < 1.29 is 29.6 Å². The molecule has 1 aromatic carbocycles. The minimum atomic E-state index is -1.21. The van der Waals surface area contributed by atoms with E-state index in [4.69, 9.17) is 9.84 Å². The number of aromatic hydroxyl groups is 1. The van der Waals surface area contributed by atoms with Crippen molar-refractivity contribution in [3.05, 3.63) is 23.3 Å². The second-order valence-electron chi connectivity index (χ2n) is 6.68. The first-order valence-electron chi connectivity index (χ1n) is 9.31. The first kappa shape index (κ1) is 21.0. The number of carbonyl (C=O) groups excluding carboxylic acids is 1. The Balaban J connectivity index is 1.83. The van der Waals surface area contributed by atoms with Crippen LogP contribution in [-0.2, 0) is 11.2 Å². The van der Waals surface area contributed by atoms with E-state index in [9.17, 15) is 19.8 Å². The number of likely N-dealkylation sites (tertiary alicyclic amines) is 1. The van der Waals surface area contributed by atoms with Crippen LogP contribution < -0.4 is 10.1 Å². The van der Waals surface area contributed by atoms with Crippen LogP contribution in [0.3, 0.4) is 0 Å². The molecule has 0 spiro atoms. The third kappa shape index (κ3) is 5.87. The van der Waals surface area contributed by atoms with Gasteiger partial charge in [-0.05, 0) is 24.5 Å². The van der Waals surface area contributed by atoms with E-state index < -0.39 is 5.97 Å². The number of carboxylic acids is 1. The highest BCUT2D eigenvalue weighted by molar-refractivity contribution is 6.08. The first-order chi connectivity index (χ1) is 13.0. The Hall–Kier alpha value is -2.26. The van der Waals surface area contributed by atoms with Gasteiger partial charge >= 0.3 is 5.97 Å². The van der Waals surface area contributed by atoms with Gasteiger partial charge in [0.2, 0.25) is 5.91 Å². The second kappa shape index (κ2) is 10.2. The molecule has 0 bridgehead atoms. The van der Waals surface area contributed by atoms with Gasteiger partial charge in [-0.2, -0.15) is 0 Å². The minimum absolute atomic E-state index is 0.0543. The number of nitrogens with zero attached hydrogens (tertiary/aromatic N) is 1. The molecule has 9 heteroatoms. The summed E-state index contributed by atoms with van der Waals surface area (Å²) in [6.07, 6.45) is 2.14. The van der Waals surface area contributed by atoms with Gasteiger partial charge in [-0.15, -0.1) is 0 Å². The number of aromatic carboxylic acids is 1. The molecule has 1 fully saturated rings. The number of ether oxygens (including phenoxy) is 1. The van der Waals surface area contributed by atoms with Gasteiger partial charge in [0, 0.05) is 39.2 Å². The van der Waals surface area contributed by atoms with Gasteiger partial charge in [-0.3, -0.25) is 9.69 Å². The molecular weight excluding hydrogens is 351 g/mol. The molecule has 0 radical (unpaired) electrons. The third-order valence-electron chi connectivity index (χ3n) is 4.49. The maximum Gasteiger partial charge on any atom is 0.343 e. The van der Waals surface area contributed by atoms with Gasteiger partial charge in [-0.1, -0.05) is 12.4 Å². The summed E-state index contributed by atoms with van der Waals surface area (Å²) in [6.45, 7) is 2.31. The molecule has 1 amide bonds. The highest BCUT2D eigenvalue weighted by Gasteiger charge is 2.30. The summed E-state index contributed by atoms with van der Waals surface area (Å²) in [5.41, 5.74) is 0.410.